The smallest absolute Gasteiger partial charge is 0.128 e. The van der Waals surface area contributed by atoms with Gasteiger partial charge in [-0.2, -0.15) is 0 Å². The predicted molar refractivity (Wildman–Crippen MR) is 72.6 cm³/mol. The van der Waals surface area contributed by atoms with Crippen molar-refractivity contribution in [3.8, 4) is 16.9 Å². The molecule has 0 unspecified atom stereocenters. The molecule has 0 radical (unpaired) electrons. The quantitative estimate of drug-likeness (QED) is 0.817. The molecule has 2 aromatic rings. The van der Waals surface area contributed by atoms with Crippen molar-refractivity contribution in [2.24, 2.45) is 0 Å². The first kappa shape index (κ1) is 11.8. The second kappa shape index (κ2) is 4.68. The minimum Gasteiger partial charge on any atom is -0.496 e. The Morgan fingerprint density at radius 2 is 1.76 bits per heavy atom. The van der Waals surface area contributed by atoms with E-state index < -0.39 is 0 Å². The molecule has 0 aliphatic rings. The van der Waals surface area contributed by atoms with Gasteiger partial charge in [0.2, 0.25) is 0 Å². The van der Waals surface area contributed by atoms with Crippen LogP contribution in [-0.4, -0.2) is 7.11 Å². The third-order valence-corrected chi connectivity index (χ3v) is 2.94. The Hall–Kier alpha value is -1.67. The van der Waals surface area contributed by atoms with E-state index in [0.717, 1.165) is 27.5 Å². The Morgan fingerprint density at radius 3 is 2.41 bits per heavy atom. The lowest BCUT2D eigenvalue weighted by molar-refractivity contribution is 0.416. The number of hydrogen-bond acceptors (Lipinski definition) is 2. The fraction of sp³-hybridized carbons (Fsp3) is 0.143. The summed E-state index contributed by atoms with van der Waals surface area (Å²) in [6, 6.07) is 11.5. The van der Waals surface area contributed by atoms with Crippen LogP contribution in [0.3, 0.4) is 0 Å². The fourth-order valence-corrected chi connectivity index (χ4v) is 2.09. The lowest BCUT2D eigenvalue weighted by Crippen LogP contribution is -1.92. The molecule has 2 aromatic carbocycles. The van der Waals surface area contributed by atoms with Gasteiger partial charge in [-0.3, -0.25) is 0 Å². The van der Waals surface area contributed by atoms with Crippen LogP contribution >= 0.6 is 11.6 Å². The average molecular weight is 248 g/mol. The van der Waals surface area contributed by atoms with Gasteiger partial charge in [-0.25, -0.2) is 0 Å². The van der Waals surface area contributed by atoms with Crippen LogP contribution in [0, 0.1) is 6.92 Å². The van der Waals surface area contributed by atoms with E-state index in [-0.39, 0.29) is 0 Å². The van der Waals surface area contributed by atoms with Crippen LogP contribution in [0.15, 0.2) is 36.4 Å². The summed E-state index contributed by atoms with van der Waals surface area (Å²) in [5.74, 6) is 0.774. The van der Waals surface area contributed by atoms with Crippen LogP contribution in [0.2, 0.25) is 5.02 Å². The summed E-state index contributed by atoms with van der Waals surface area (Å²) in [5, 5.41) is 0.737. The van der Waals surface area contributed by atoms with Crippen LogP contribution in [-0.2, 0) is 0 Å². The van der Waals surface area contributed by atoms with E-state index in [1.54, 1.807) is 7.11 Å². The lowest BCUT2D eigenvalue weighted by Gasteiger charge is -2.12. The van der Waals surface area contributed by atoms with E-state index in [4.69, 9.17) is 22.1 Å². The third-order valence-electron chi connectivity index (χ3n) is 2.70. The van der Waals surface area contributed by atoms with Gasteiger partial charge in [-0.05, 0) is 42.3 Å². The number of aryl methyl sites for hydroxylation is 1. The van der Waals surface area contributed by atoms with Crippen molar-refractivity contribution in [2.45, 2.75) is 6.92 Å². The van der Waals surface area contributed by atoms with Crippen LogP contribution in [0.1, 0.15) is 5.56 Å². The van der Waals surface area contributed by atoms with Gasteiger partial charge in [-0.15, -0.1) is 0 Å². The zero-order chi connectivity index (χ0) is 12.4. The maximum absolute atomic E-state index is 5.95. The van der Waals surface area contributed by atoms with Crippen LogP contribution in [0.5, 0.6) is 5.75 Å². The first-order valence-corrected chi connectivity index (χ1v) is 5.69. The molecule has 2 nitrogen and oxygen atoms in total. The molecular weight excluding hydrogens is 234 g/mol. The number of halogens is 1. The summed E-state index contributed by atoms with van der Waals surface area (Å²) in [6.07, 6.45) is 0. The van der Waals surface area contributed by atoms with Crippen molar-refractivity contribution in [3.05, 3.63) is 47.0 Å². The van der Waals surface area contributed by atoms with Gasteiger partial charge in [0.05, 0.1) is 7.11 Å². The number of nitrogen functional groups attached to an aromatic ring is 1. The SMILES string of the molecule is COc1cc(N)ccc1-c1ccc(Cl)cc1C. The molecule has 2 rings (SSSR count). The Bertz CT molecular complexity index is 552. The van der Waals surface area contributed by atoms with Crippen molar-refractivity contribution in [3.63, 3.8) is 0 Å². The number of methoxy groups -OCH3 is 1. The Labute approximate surface area is 106 Å². The van der Waals surface area contributed by atoms with Crippen molar-refractivity contribution in [1.82, 2.24) is 0 Å². The second-order valence-electron chi connectivity index (χ2n) is 3.92. The molecule has 0 aliphatic carbocycles. The van der Waals surface area contributed by atoms with Crippen molar-refractivity contribution >= 4 is 17.3 Å². The molecular formula is C14H14ClNO. The maximum atomic E-state index is 5.95. The van der Waals surface area contributed by atoms with E-state index in [1.807, 2.05) is 43.3 Å². The van der Waals surface area contributed by atoms with Crippen LogP contribution < -0.4 is 10.5 Å². The highest BCUT2D eigenvalue weighted by Crippen LogP contribution is 2.34. The summed E-state index contributed by atoms with van der Waals surface area (Å²) < 4.78 is 5.35. The van der Waals surface area contributed by atoms with Gasteiger partial charge >= 0.3 is 0 Å². The number of rotatable bonds is 2. The predicted octanol–water partition coefficient (Wildman–Crippen LogP) is 3.91. The summed E-state index contributed by atoms with van der Waals surface area (Å²) >= 11 is 5.95. The monoisotopic (exact) mass is 247 g/mol. The lowest BCUT2D eigenvalue weighted by atomic mass is 9.99. The summed E-state index contributed by atoms with van der Waals surface area (Å²) in [5.41, 5.74) is 9.67. The molecule has 0 saturated heterocycles. The first-order valence-electron chi connectivity index (χ1n) is 5.32. The topological polar surface area (TPSA) is 35.2 Å². The molecule has 0 fully saturated rings. The highest BCUT2D eigenvalue weighted by molar-refractivity contribution is 6.30. The number of anilines is 1. The molecule has 0 bridgehead atoms. The molecule has 2 N–H and O–H groups in total. The van der Waals surface area contributed by atoms with Crippen molar-refractivity contribution in [2.75, 3.05) is 12.8 Å². The van der Waals surface area contributed by atoms with E-state index in [2.05, 4.69) is 0 Å². The molecule has 0 aromatic heterocycles. The van der Waals surface area contributed by atoms with Gasteiger partial charge in [0, 0.05) is 22.3 Å². The number of ether oxygens (including phenoxy) is 1. The summed E-state index contributed by atoms with van der Waals surface area (Å²) in [7, 11) is 1.64. The second-order valence-corrected chi connectivity index (χ2v) is 4.36. The summed E-state index contributed by atoms with van der Waals surface area (Å²) in [6.45, 7) is 2.02. The zero-order valence-electron chi connectivity index (χ0n) is 9.83. The zero-order valence-corrected chi connectivity index (χ0v) is 10.6. The molecule has 0 saturated carbocycles. The van der Waals surface area contributed by atoms with Crippen molar-refractivity contribution in [1.29, 1.82) is 0 Å². The van der Waals surface area contributed by atoms with Crippen LogP contribution in [0.4, 0.5) is 5.69 Å². The molecule has 17 heavy (non-hydrogen) atoms. The third kappa shape index (κ3) is 2.37. The van der Waals surface area contributed by atoms with Gasteiger partial charge in [0.1, 0.15) is 5.75 Å². The molecule has 3 heteroatoms. The van der Waals surface area contributed by atoms with E-state index in [1.165, 1.54) is 0 Å². The van der Waals surface area contributed by atoms with Crippen molar-refractivity contribution < 1.29 is 4.74 Å². The molecule has 0 spiro atoms. The Kier molecular flexibility index (Phi) is 3.25. The molecule has 88 valence electrons. The van der Waals surface area contributed by atoms with Crippen LogP contribution in [0.25, 0.3) is 11.1 Å². The first-order chi connectivity index (χ1) is 8.11. The van der Waals surface area contributed by atoms with Gasteiger partial charge in [0.15, 0.2) is 0 Å². The van der Waals surface area contributed by atoms with E-state index >= 15 is 0 Å². The van der Waals surface area contributed by atoms with E-state index in [0.29, 0.717) is 5.69 Å². The normalized spacial score (nSPS) is 10.3. The summed E-state index contributed by atoms with van der Waals surface area (Å²) in [4.78, 5) is 0. The minimum atomic E-state index is 0.692. The highest BCUT2D eigenvalue weighted by atomic mass is 35.5. The largest absolute Gasteiger partial charge is 0.496 e. The molecule has 0 heterocycles. The molecule has 0 amide bonds. The van der Waals surface area contributed by atoms with Gasteiger partial charge in [0.25, 0.3) is 0 Å². The minimum absolute atomic E-state index is 0.692. The molecule has 0 aliphatic heterocycles. The Balaban J connectivity index is 2.60. The van der Waals surface area contributed by atoms with E-state index in [9.17, 15) is 0 Å². The van der Waals surface area contributed by atoms with Gasteiger partial charge < -0.3 is 10.5 Å². The number of benzene rings is 2. The standard InChI is InChI=1S/C14H14ClNO/c1-9-7-10(15)3-5-12(9)13-6-4-11(16)8-14(13)17-2/h3-8H,16H2,1-2H3. The average Bonchev–Trinajstić information content (AvgIpc) is 2.30. The maximum Gasteiger partial charge on any atom is 0.128 e. The molecule has 0 atom stereocenters. The number of hydrogen-bond donors (Lipinski definition) is 1. The highest BCUT2D eigenvalue weighted by Gasteiger charge is 2.08. The Morgan fingerprint density at radius 1 is 1.06 bits per heavy atom. The fourth-order valence-electron chi connectivity index (χ4n) is 1.86. The van der Waals surface area contributed by atoms with Gasteiger partial charge in [-0.1, -0.05) is 17.7 Å². The number of nitrogens with two attached hydrogens (primary N) is 1.